The molecule has 2 aliphatic carbocycles. The van der Waals surface area contributed by atoms with Gasteiger partial charge in [-0.05, 0) is 31.7 Å². The first-order chi connectivity index (χ1) is 11.7. The van der Waals surface area contributed by atoms with Gasteiger partial charge >= 0.3 is 0 Å². The van der Waals surface area contributed by atoms with Gasteiger partial charge in [-0.2, -0.15) is 0 Å². The smallest absolute Gasteiger partial charge is 0.233 e. The molecule has 0 unspecified atom stereocenters. The summed E-state index contributed by atoms with van der Waals surface area (Å²) in [6.07, 6.45) is 6.05. The molecule has 0 aliphatic heterocycles. The molecule has 0 atom stereocenters. The second-order valence-corrected chi connectivity index (χ2v) is 7.33. The lowest BCUT2D eigenvalue weighted by Gasteiger charge is -2.22. The van der Waals surface area contributed by atoms with Crippen molar-refractivity contribution in [3.63, 3.8) is 0 Å². The minimum absolute atomic E-state index is 0.0381. The predicted octanol–water partition coefficient (Wildman–Crippen LogP) is 3.04. The molecule has 2 aromatic rings. The average Bonchev–Trinajstić information content (AvgIpc) is 3.51. The van der Waals surface area contributed by atoms with Gasteiger partial charge in [0.1, 0.15) is 12.1 Å². The molecule has 1 amide bonds. The quantitative estimate of drug-likeness (QED) is 0.723. The highest BCUT2D eigenvalue weighted by Crippen LogP contribution is 2.37. The first-order valence-electron chi connectivity index (χ1n) is 8.27. The van der Waals surface area contributed by atoms with E-state index < -0.39 is 0 Å². The van der Waals surface area contributed by atoms with E-state index >= 15 is 0 Å². The molecule has 0 N–H and O–H groups in total. The molecule has 0 bridgehead atoms. The fraction of sp³-hybridized carbons (Fsp3) is 0.471. The zero-order valence-corrected chi connectivity index (χ0v) is 14.1. The Morgan fingerprint density at radius 1 is 1.29 bits per heavy atom. The Morgan fingerprint density at radius 2 is 2.08 bits per heavy atom. The van der Waals surface area contributed by atoms with Gasteiger partial charge in [-0.3, -0.25) is 4.79 Å². The number of aromatic nitrogens is 3. The van der Waals surface area contributed by atoms with Gasteiger partial charge < -0.3 is 9.47 Å². The third kappa shape index (κ3) is 3.45. The summed E-state index contributed by atoms with van der Waals surface area (Å²) in [6, 6.07) is 7.41. The molecule has 7 heteroatoms. The van der Waals surface area contributed by atoms with Gasteiger partial charge in [0.25, 0.3) is 0 Å². The normalized spacial score (nSPS) is 17.0. The molecule has 2 aliphatic rings. The molecule has 1 aromatic carbocycles. The lowest BCUT2D eigenvalue weighted by molar-refractivity contribution is -0.129. The van der Waals surface area contributed by atoms with Crippen molar-refractivity contribution in [3.05, 3.63) is 42.0 Å². The second kappa shape index (κ2) is 6.55. The van der Waals surface area contributed by atoms with E-state index in [9.17, 15) is 9.18 Å². The molecular weight excluding hydrogens is 327 g/mol. The van der Waals surface area contributed by atoms with Crippen LogP contribution in [0.4, 0.5) is 4.39 Å². The standard InChI is InChI=1S/C17H19FN4OS/c18-15-4-2-1-3-12(15)9-21(13-5-6-13)16(23)10-24-17-20-19-11-22(17)14-7-8-14/h1-4,11,13-14H,5-10H2. The molecule has 24 heavy (non-hydrogen) atoms. The maximum Gasteiger partial charge on any atom is 0.233 e. The van der Waals surface area contributed by atoms with Crippen LogP contribution in [0, 0.1) is 5.82 Å². The molecule has 2 saturated carbocycles. The topological polar surface area (TPSA) is 51.0 Å². The molecule has 1 aromatic heterocycles. The Labute approximate surface area is 144 Å². The van der Waals surface area contributed by atoms with Crippen LogP contribution in [0.25, 0.3) is 0 Å². The molecule has 0 radical (unpaired) electrons. The fourth-order valence-electron chi connectivity index (χ4n) is 2.76. The Bertz CT molecular complexity index is 742. The summed E-state index contributed by atoms with van der Waals surface area (Å²) in [7, 11) is 0. The fourth-order valence-corrected chi connectivity index (χ4v) is 3.63. The van der Waals surface area contributed by atoms with Gasteiger partial charge in [0.05, 0.1) is 5.75 Å². The van der Waals surface area contributed by atoms with Crippen molar-refractivity contribution in [3.8, 4) is 0 Å². The summed E-state index contributed by atoms with van der Waals surface area (Å²) in [5.41, 5.74) is 0.573. The predicted molar refractivity (Wildman–Crippen MR) is 89.0 cm³/mol. The van der Waals surface area contributed by atoms with E-state index in [1.165, 1.54) is 17.8 Å². The molecular formula is C17H19FN4OS. The van der Waals surface area contributed by atoms with Crippen molar-refractivity contribution in [2.75, 3.05) is 5.75 Å². The van der Waals surface area contributed by atoms with E-state index in [1.807, 2.05) is 4.90 Å². The second-order valence-electron chi connectivity index (χ2n) is 6.38. The summed E-state index contributed by atoms with van der Waals surface area (Å²) in [5, 5.41) is 8.86. The lowest BCUT2D eigenvalue weighted by Crippen LogP contribution is -2.34. The van der Waals surface area contributed by atoms with Crippen LogP contribution in [0.1, 0.15) is 37.3 Å². The van der Waals surface area contributed by atoms with Crippen molar-refractivity contribution in [1.82, 2.24) is 19.7 Å². The maximum atomic E-state index is 13.9. The Kier molecular flexibility index (Phi) is 4.26. The first kappa shape index (κ1) is 15.6. The summed E-state index contributed by atoms with van der Waals surface area (Å²) in [4.78, 5) is 14.5. The van der Waals surface area contributed by atoms with Crippen LogP contribution in [-0.2, 0) is 11.3 Å². The van der Waals surface area contributed by atoms with E-state index in [2.05, 4.69) is 14.8 Å². The zero-order valence-electron chi connectivity index (χ0n) is 13.3. The van der Waals surface area contributed by atoms with Crippen LogP contribution in [0.5, 0.6) is 0 Å². The van der Waals surface area contributed by atoms with Crippen molar-refractivity contribution >= 4 is 17.7 Å². The van der Waals surface area contributed by atoms with E-state index in [0.29, 0.717) is 23.9 Å². The third-order valence-corrected chi connectivity index (χ3v) is 5.35. The van der Waals surface area contributed by atoms with E-state index in [-0.39, 0.29) is 17.8 Å². The Morgan fingerprint density at radius 3 is 2.79 bits per heavy atom. The number of rotatable bonds is 7. The highest BCUT2D eigenvalue weighted by molar-refractivity contribution is 7.99. The van der Waals surface area contributed by atoms with E-state index in [4.69, 9.17) is 0 Å². The number of carbonyl (C=O) groups excluding carboxylic acids is 1. The Balaban J connectivity index is 1.41. The lowest BCUT2D eigenvalue weighted by atomic mass is 10.2. The van der Waals surface area contributed by atoms with Crippen molar-refractivity contribution < 1.29 is 9.18 Å². The summed E-state index contributed by atoms with van der Waals surface area (Å²) in [6.45, 7) is 0.339. The molecule has 5 nitrogen and oxygen atoms in total. The van der Waals surface area contributed by atoms with E-state index in [1.54, 1.807) is 24.5 Å². The van der Waals surface area contributed by atoms with Gasteiger partial charge in [0, 0.05) is 24.2 Å². The number of nitrogens with zero attached hydrogens (tertiary/aromatic N) is 4. The van der Waals surface area contributed by atoms with Gasteiger partial charge in [0.15, 0.2) is 5.16 Å². The summed E-state index contributed by atoms with van der Waals surface area (Å²) >= 11 is 1.42. The molecule has 126 valence electrons. The Hall–Kier alpha value is -1.89. The molecule has 4 rings (SSSR count). The zero-order chi connectivity index (χ0) is 16.5. The number of benzene rings is 1. The number of carbonyl (C=O) groups is 1. The highest BCUT2D eigenvalue weighted by Gasteiger charge is 2.33. The largest absolute Gasteiger partial charge is 0.335 e. The molecule has 0 saturated heterocycles. The average molecular weight is 346 g/mol. The van der Waals surface area contributed by atoms with Crippen molar-refractivity contribution in [1.29, 1.82) is 0 Å². The number of halogens is 1. The van der Waals surface area contributed by atoms with Crippen LogP contribution >= 0.6 is 11.8 Å². The monoisotopic (exact) mass is 346 g/mol. The van der Waals surface area contributed by atoms with Gasteiger partial charge in [-0.25, -0.2) is 4.39 Å². The SMILES string of the molecule is O=C(CSc1nncn1C1CC1)N(Cc1ccccc1F)C1CC1. The van der Waals surface area contributed by atoms with Crippen LogP contribution < -0.4 is 0 Å². The molecule has 0 spiro atoms. The van der Waals surface area contributed by atoms with Crippen LogP contribution in [-0.4, -0.2) is 37.4 Å². The van der Waals surface area contributed by atoms with Crippen LogP contribution in [0.2, 0.25) is 0 Å². The van der Waals surface area contributed by atoms with E-state index in [0.717, 1.165) is 30.8 Å². The summed E-state index contributed by atoms with van der Waals surface area (Å²) < 4.78 is 15.9. The number of thioether (sulfide) groups is 1. The van der Waals surface area contributed by atoms with Crippen molar-refractivity contribution in [2.45, 2.75) is 49.5 Å². The van der Waals surface area contributed by atoms with Gasteiger partial charge in [-0.15, -0.1) is 10.2 Å². The molecule has 2 fully saturated rings. The van der Waals surface area contributed by atoms with Crippen molar-refractivity contribution in [2.24, 2.45) is 0 Å². The maximum absolute atomic E-state index is 13.9. The highest BCUT2D eigenvalue weighted by atomic mass is 32.2. The minimum atomic E-state index is -0.253. The summed E-state index contributed by atoms with van der Waals surface area (Å²) in [5.74, 6) is 0.101. The van der Waals surface area contributed by atoms with Gasteiger partial charge in [0.2, 0.25) is 5.91 Å². The third-order valence-electron chi connectivity index (χ3n) is 4.41. The van der Waals surface area contributed by atoms with Crippen LogP contribution in [0.3, 0.4) is 0 Å². The van der Waals surface area contributed by atoms with Crippen LogP contribution in [0.15, 0.2) is 35.7 Å². The number of hydrogen-bond donors (Lipinski definition) is 0. The molecule has 1 heterocycles. The first-order valence-corrected chi connectivity index (χ1v) is 9.26. The minimum Gasteiger partial charge on any atom is -0.335 e. The van der Waals surface area contributed by atoms with Gasteiger partial charge in [-0.1, -0.05) is 30.0 Å². The number of hydrogen-bond acceptors (Lipinski definition) is 4. The number of amides is 1.